The van der Waals surface area contributed by atoms with E-state index in [1.807, 2.05) is 9.47 Å². The number of carbonyl (C=O) groups is 1. The van der Waals surface area contributed by atoms with Crippen molar-refractivity contribution in [2.24, 2.45) is 17.6 Å². The van der Waals surface area contributed by atoms with Gasteiger partial charge in [-0.1, -0.05) is 13.3 Å². The van der Waals surface area contributed by atoms with Crippen molar-refractivity contribution in [2.75, 3.05) is 6.54 Å². The Kier molecular flexibility index (Phi) is 3.26. The molecular weight excluding hydrogens is 242 g/mol. The minimum atomic E-state index is -0.0248. The first kappa shape index (κ1) is 12.6. The van der Waals surface area contributed by atoms with Crippen molar-refractivity contribution in [3.8, 4) is 0 Å². The number of nitrogens with zero attached hydrogens (tertiary/aromatic N) is 4. The zero-order valence-corrected chi connectivity index (χ0v) is 11.3. The molecule has 1 aromatic heterocycles. The molecule has 3 unspecified atom stereocenters. The van der Waals surface area contributed by atoms with Crippen molar-refractivity contribution in [3.05, 3.63) is 12.2 Å². The molecule has 1 fully saturated rings. The third kappa shape index (κ3) is 2.25. The third-order valence-electron chi connectivity index (χ3n) is 4.51. The third-order valence-corrected chi connectivity index (χ3v) is 4.51. The van der Waals surface area contributed by atoms with Gasteiger partial charge in [0, 0.05) is 19.1 Å². The smallest absolute Gasteiger partial charge is 0.227 e. The highest BCUT2D eigenvalue weighted by atomic mass is 16.2. The van der Waals surface area contributed by atoms with E-state index in [1.165, 1.54) is 0 Å². The molecule has 3 atom stereocenters. The summed E-state index contributed by atoms with van der Waals surface area (Å²) in [5.41, 5.74) is 6.17. The second-order valence-corrected chi connectivity index (χ2v) is 5.80. The fourth-order valence-corrected chi connectivity index (χ4v) is 3.35. The highest BCUT2D eigenvalue weighted by Gasteiger charge is 2.37. The first-order valence-electron chi connectivity index (χ1n) is 7.08. The quantitative estimate of drug-likeness (QED) is 0.795. The summed E-state index contributed by atoms with van der Waals surface area (Å²) in [6, 6.07) is 0.0102. The molecule has 1 aliphatic carbocycles. The Morgan fingerprint density at radius 1 is 1.42 bits per heavy atom. The lowest BCUT2D eigenvalue weighted by molar-refractivity contribution is -0.140. The Balaban J connectivity index is 1.74. The molecule has 1 amide bonds. The highest BCUT2D eigenvalue weighted by molar-refractivity contribution is 5.80. The van der Waals surface area contributed by atoms with Crippen LogP contribution in [0.15, 0.2) is 6.33 Å². The molecule has 6 nitrogen and oxygen atoms in total. The van der Waals surface area contributed by atoms with Gasteiger partial charge in [0.15, 0.2) is 5.82 Å². The maximum absolute atomic E-state index is 12.7. The second kappa shape index (κ2) is 4.92. The van der Waals surface area contributed by atoms with Crippen LogP contribution in [0.1, 0.15) is 32.0 Å². The van der Waals surface area contributed by atoms with Gasteiger partial charge in [0.25, 0.3) is 0 Å². The molecule has 1 aliphatic heterocycles. The van der Waals surface area contributed by atoms with Gasteiger partial charge >= 0.3 is 0 Å². The average molecular weight is 263 g/mol. The molecule has 0 saturated heterocycles. The molecule has 3 rings (SSSR count). The van der Waals surface area contributed by atoms with Crippen molar-refractivity contribution in [2.45, 2.75) is 45.3 Å². The summed E-state index contributed by atoms with van der Waals surface area (Å²) in [4.78, 5) is 14.6. The molecule has 0 spiro atoms. The fraction of sp³-hybridized carbons (Fsp3) is 0.769. The fourth-order valence-electron chi connectivity index (χ4n) is 3.35. The first-order valence-corrected chi connectivity index (χ1v) is 7.08. The zero-order chi connectivity index (χ0) is 13.4. The summed E-state index contributed by atoms with van der Waals surface area (Å²) in [5.74, 6) is 1.44. The van der Waals surface area contributed by atoms with Crippen LogP contribution in [-0.4, -0.2) is 38.2 Å². The maximum atomic E-state index is 12.7. The Labute approximate surface area is 113 Å². The van der Waals surface area contributed by atoms with Crippen molar-refractivity contribution in [1.82, 2.24) is 19.7 Å². The monoisotopic (exact) mass is 263 g/mol. The van der Waals surface area contributed by atoms with Crippen LogP contribution in [0.2, 0.25) is 0 Å². The van der Waals surface area contributed by atoms with Crippen LogP contribution in [0.3, 0.4) is 0 Å². The normalized spacial score (nSPS) is 31.1. The summed E-state index contributed by atoms with van der Waals surface area (Å²) in [6.45, 7) is 4.23. The minimum Gasteiger partial charge on any atom is -0.333 e. The molecule has 2 N–H and O–H groups in total. The van der Waals surface area contributed by atoms with E-state index in [4.69, 9.17) is 5.73 Å². The molecule has 1 saturated carbocycles. The van der Waals surface area contributed by atoms with Crippen molar-refractivity contribution >= 4 is 5.91 Å². The molecule has 0 radical (unpaired) electrons. The SMILES string of the molecule is CC1CCCC(N)C1C(=O)N1CCn2cnnc2C1. The molecule has 6 heteroatoms. The van der Waals surface area contributed by atoms with Crippen LogP contribution in [0.4, 0.5) is 0 Å². The molecule has 104 valence electrons. The summed E-state index contributed by atoms with van der Waals surface area (Å²) < 4.78 is 2.01. The van der Waals surface area contributed by atoms with Gasteiger partial charge in [0.2, 0.25) is 5.91 Å². The maximum Gasteiger partial charge on any atom is 0.227 e. The molecule has 0 bridgehead atoms. The number of amides is 1. The van der Waals surface area contributed by atoms with E-state index in [0.29, 0.717) is 12.5 Å². The summed E-state index contributed by atoms with van der Waals surface area (Å²) in [6.07, 6.45) is 4.94. The van der Waals surface area contributed by atoms with Crippen LogP contribution in [0.5, 0.6) is 0 Å². The molecule has 0 aromatic carbocycles. The van der Waals surface area contributed by atoms with E-state index in [2.05, 4.69) is 17.1 Å². The van der Waals surface area contributed by atoms with Gasteiger partial charge in [-0.2, -0.15) is 0 Å². The number of hydrogen-bond acceptors (Lipinski definition) is 4. The molecule has 2 heterocycles. The Bertz CT molecular complexity index is 461. The van der Waals surface area contributed by atoms with Crippen LogP contribution in [-0.2, 0) is 17.9 Å². The number of carbonyl (C=O) groups excluding carboxylic acids is 1. The topological polar surface area (TPSA) is 77.0 Å². The average Bonchev–Trinajstić information content (AvgIpc) is 2.85. The Morgan fingerprint density at radius 2 is 2.26 bits per heavy atom. The first-order chi connectivity index (χ1) is 9.16. The van der Waals surface area contributed by atoms with Gasteiger partial charge in [-0.25, -0.2) is 0 Å². The van der Waals surface area contributed by atoms with E-state index in [1.54, 1.807) is 6.33 Å². The number of hydrogen-bond donors (Lipinski definition) is 1. The molecule has 2 aliphatic rings. The molecule has 1 aromatic rings. The number of rotatable bonds is 1. The minimum absolute atomic E-state index is 0.0102. The van der Waals surface area contributed by atoms with Crippen LogP contribution >= 0.6 is 0 Å². The van der Waals surface area contributed by atoms with E-state index in [0.717, 1.165) is 38.2 Å². The van der Waals surface area contributed by atoms with Crippen LogP contribution < -0.4 is 5.73 Å². The van der Waals surface area contributed by atoms with E-state index in [-0.39, 0.29) is 17.9 Å². The summed E-state index contributed by atoms with van der Waals surface area (Å²) in [7, 11) is 0. The zero-order valence-electron chi connectivity index (χ0n) is 11.3. The number of nitrogens with two attached hydrogens (primary N) is 1. The summed E-state index contributed by atoms with van der Waals surface area (Å²) in [5, 5.41) is 7.95. The van der Waals surface area contributed by atoms with Crippen molar-refractivity contribution < 1.29 is 4.79 Å². The number of fused-ring (bicyclic) bond motifs is 1. The van der Waals surface area contributed by atoms with E-state index >= 15 is 0 Å². The van der Waals surface area contributed by atoms with Gasteiger partial charge in [-0.15, -0.1) is 10.2 Å². The van der Waals surface area contributed by atoms with E-state index < -0.39 is 0 Å². The largest absolute Gasteiger partial charge is 0.333 e. The lowest BCUT2D eigenvalue weighted by Gasteiger charge is -2.38. The highest BCUT2D eigenvalue weighted by Crippen LogP contribution is 2.31. The van der Waals surface area contributed by atoms with Crippen LogP contribution in [0, 0.1) is 11.8 Å². The molecule has 19 heavy (non-hydrogen) atoms. The van der Waals surface area contributed by atoms with Crippen molar-refractivity contribution in [3.63, 3.8) is 0 Å². The van der Waals surface area contributed by atoms with Crippen molar-refractivity contribution in [1.29, 1.82) is 0 Å². The standard InChI is InChI=1S/C13H21N5O/c1-9-3-2-4-10(14)12(9)13(19)17-5-6-18-8-15-16-11(18)7-17/h8-10,12H,2-7,14H2,1H3. The molecular formula is C13H21N5O. The lowest BCUT2D eigenvalue weighted by atomic mass is 9.76. The Hall–Kier alpha value is -1.43. The van der Waals surface area contributed by atoms with Gasteiger partial charge in [-0.3, -0.25) is 4.79 Å². The summed E-state index contributed by atoms with van der Waals surface area (Å²) >= 11 is 0. The van der Waals surface area contributed by atoms with Gasteiger partial charge in [0.05, 0.1) is 12.5 Å². The predicted octanol–water partition coefficient (Wildman–Crippen LogP) is 0.384. The second-order valence-electron chi connectivity index (χ2n) is 5.80. The number of aromatic nitrogens is 3. The predicted molar refractivity (Wildman–Crippen MR) is 69.9 cm³/mol. The van der Waals surface area contributed by atoms with Gasteiger partial charge in [-0.05, 0) is 18.8 Å². The van der Waals surface area contributed by atoms with Gasteiger partial charge < -0.3 is 15.2 Å². The van der Waals surface area contributed by atoms with E-state index in [9.17, 15) is 4.79 Å². The van der Waals surface area contributed by atoms with Crippen LogP contribution in [0.25, 0.3) is 0 Å². The lowest BCUT2D eigenvalue weighted by Crippen LogP contribution is -2.50. The Morgan fingerprint density at radius 3 is 3.05 bits per heavy atom. The van der Waals surface area contributed by atoms with Gasteiger partial charge in [0.1, 0.15) is 6.33 Å².